The minimum Gasteiger partial charge on any atom is -0.389 e. The fourth-order valence-corrected chi connectivity index (χ4v) is 1.58. The number of hydrogen-bond donors (Lipinski definition) is 3. The molecule has 3 nitrogen and oxygen atoms in total. The van der Waals surface area contributed by atoms with E-state index in [1.165, 1.54) is 6.92 Å². The van der Waals surface area contributed by atoms with E-state index in [9.17, 15) is 15.0 Å². The molecule has 82 valence electrons. The Morgan fingerprint density at radius 3 is 2.53 bits per heavy atom. The molecule has 0 saturated carbocycles. The molecule has 0 spiro atoms. The van der Waals surface area contributed by atoms with E-state index in [-0.39, 0.29) is 11.5 Å². The molecule has 2 N–H and O–H groups in total. The molecule has 2 atom stereocenters. The summed E-state index contributed by atoms with van der Waals surface area (Å²) in [4.78, 5) is 11.3. The molecule has 15 heavy (non-hydrogen) atoms. The van der Waals surface area contributed by atoms with Gasteiger partial charge >= 0.3 is 0 Å². The zero-order valence-corrected chi connectivity index (χ0v) is 9.32. The highest BCUT2D eigenvalue weighted by Gasteiger charge is 2.20. The molecule has 0 radical (unpaired) electrons. The summed E-state index contributed by atoms with van der Waals surface area (Å²) >= 11 is 3.90. The number of aliphatic hydroxyl groups excluding tert-OH is 2. The highest BCUT2D eigenvalue weighted by atomic mass is 32.1. The number of carbonyl (C=O) groups excluding carboxylic acids is 1. The lowest BCUT2D eigenvalue weighted by atomic mass is 9.97. The summed E-state index contributed by atoms with van der Waals surface area (Å²) in [5, 5.41) is 19.2. The molecule has 0 fully saturated rings. The topological polar surface area (TPSA) is 57.5 Å². The van der Waals surface area contributed by atoms with E-state index in [2.05, 4.69) is 12.6 Å². The number of ketones is 1. The maximum atomic E-state index is 11.3. The zero-order chi connectivity index (χ0) is 11.4. The van der Waals surface area contributed by atoms with E-state index in [0.717, 1.165) is 0 Å². The predicted octanol–water partition coefficient (Wildman–Crippen LogP) is 1.21. The maximum absolute atomic E-state index is 11.3. The van der Waals surface area contributed by atoms with Crippen LogP contribution in [0.5, 0.6) is 0 Å². The quantitative estimate of drug-likeness (QED) is 0.534. The van der Waals surface area contributed by atoms with Crippen molar-refractivity contribution in [3.05, 3.63) is 35.4 Å². The minimum absolute atomic E-state index is 0.129. The molecule has 0 saturated heterocycles. The van der Waals surface area contributed by atoms with E-state index in [4.69, 9.17) is 0 Å². The van der Waals surface area contributed by atoms with Gasteiger partial charge in [-0.15, -0.1) is 0 Å². The highest BCUT2D eigenvalue weighted by molar-refractivity contribution is 7.80. The summed E-state index contributed by atoms with van der Waals surface area (Å²) in [5.41, 5.74) is 0.886. The van der Waals surface area contributed by atoms with Crippen molar-refractivity contribution in [2.24, 2.45) is 0 Å². The van der Waals surface area contributed by atoms with Crippen LogP contribution in [0.4, 0.5) is 0 Å². The summed E-state index contributed by atoms with van der Waals surface area (Å²) in [5.74, 6) is 0.0175. The van der Waals surface area contributed by atoms with Crippen molar-refractivity contribution in [2.75, 3.05) is 5.75 Å². The lowest BCUT2D eigenvalue weighted by molar-refractivity contribution is 0.0332. The van der Waals surface area contributed by atoms with Crippen LogP contribution in [0, 0.1) is 0 Å². The smallest absolute Gasteiger partial charge is 0.160 e. The van der Waals surface area contributed by atoms with Crippen LogP contribution in [0.25, 0.3) is 0 Å². The molecule has 4 heteroatoms. The highest BCUT2D eigenvalue weighted by Crippen LogP contribution is 2.22. The Kier molecular flexibility index (Phi) is 4.32. The summed E-state index contributed by atoms with van der Waals surface area (Å²) in [6, 6.07) is 6.70. The van der Waals surface area contributed by atoms with Crippen LogP contribution < -0.4 is 0 Å². The average molecular weight is 226 g/mol. The van der Waals surface area contributed by atoms with Crippen molar-refractivity contribution in [1.29, 1.82) is 0 Å². The van der Waals surface area contributed by atoms with Gasteiger partial charge in [-0.2, -0.15) is 12.6 Å². The Bertz CT molecular complexity index is 351. The minimum atomic E-state index is -1.07. The second-order valence-corrected chi connectivity index (χ2v) is 3.70. The molecule has 0 amide bonds. The number of rotatable bonds is 4. The van der Waals surface area contributed by atoms with E-state index in [0.29, 0.717) is 11.1 Å². The van der Waals surface area contributed by atoms with Crippen LogP contribution in [-0.4, -0.2) is 27.9 Å². The van der Waals surface area contributed by atoms with Gasteiger partial charge < -0.3 is 10.2 Å². The van der Waals surface area contributed by atoms with E-state index in [1.807, 2.05) is 0 Å². The van der Waals surface area contributed by atoms with Crippen molar-refractivity contribution < 1.29 is 15.0 Å². The first-order valence-corrected chi connectivity index (χ1v) is 5.28. The fraction of sp³-hybridized carbons (Fsp3) is 0.364. The first kappa shape index (κ1) is 12.2. The lowest BCUT2D eigenvalue weighted by Crippen LogP contribution is -2.21. The van der Waals surface area contributed by atoms with Crippen LogP contribution in [-0.2, 0) is 0 Å². The molecule has 0 heterocycles. The Balaban J connectivity index is 3.07. The van der Waals surface area contributed by atoms with Crippen LogP contribution >= 0.6 is 12.6 Å². The Morgan fingerprint density at radius 2 is 2.00 bits per heavy atom. The van der Waals surface area contributed by atoms with Crippen molar-refractivity contribution in [1.82, 2.24) is 0 Å². The number of benzene rings is 1. The Labute approximate surface area is 94.2 Å². The van der Waals surface area contributed by atoms with Gasteiger partial charge in [-0.25, -0.2) is 0 Å². The van der Waals surface area contributed by atoms with Crippen LogP contribution in [0.1, 0.15) is 28.9 Å². The summed E-state index contributed by atoms with van der Waals surface area (Å²) < 4.78 is 0. The van der Waals surface area contributed by atoms with Gasteiger partial charge in [-0.3, -0.25) is 4.79 Å². The monoisotopic (exact) mass is 226 g/mol. The Morgan fingerprint density at radius 1 is 1.40 bits per heavy atom. The van der Waals surface area contributed by atoms with E-state index < -0.39 is 12.2 Å². The standard InChI is InChI=1S/C11H14O3S/c1-7(12)8-4-2-3-5-9(8)11(14)10(13)6-15/h2-5,10-11,13-15H,6H2,1H3. The van der Waals surface area contributed by atoms with Gasteiger partial charge in [0, 0.05) is 11.3 Å². The first-order valence-electron chi connectivity index (χ1n) is 4.64. The SMILES string of the molecule is CC(=O)c1ccccc1C(O)C(O)CS. The first-order chi connectivity index (χ1) is 7.07. The molecule has 1 aromatic rings. The van der Waals surface area contributed by atoms with Crippen molar-refractivity contribution in [3.63, 3.8) is 0 Å². The van der Waals surface area contributed by atoms with Gasteiger partial charge in [-0.1, -0.05) is 24.3 Å². The third kappa shape index (κ3) is 2.81. The van der Waals surface area contributed by atoms with Gasteiger partial charge in [0.25, 0.3) is 0 Å². The van der Waals surface area contributed by atoms with Crippen molar-refractivity contribution in [3.8, 4) is 0 Å². The van der Waals surface area contributed by atoms with Crippen LogP contribution in [0.15, 0.2) is 24.3 Å². The number of Topliss-reactive ketones (excluding diaryl/α,β-unsaturated/α-hetero) is 1. The second kappa shape index (κ2) is 5.30. The molecule has 0 bridgehead atoms. The molecule has 2 unspecified atom stereocenters. The third-order valence-corrected chi connectivity index (χ3v) is 2.58. The average Bonchev–Trinajstić information content (AvgIpc) is 2.27. The molecule has 0 aliphatic carbocycles. The Hall–Kier alpha value is -0.840. The number of carbonyl (C=O) groups is 1. The largest absolute Gasteiger partial charge is 0.389 e. The molecular weight excluding hydrogens is 212 g/mol. The van der Waals surface area contributed by atoms with Crippen LogP contribution in [0.3, 0.4) is 0 Å². The third-order valence-electron chi connectivity index (χ3n) is 2.21. The predicted molar refractivity (Wildman–Crippen MR) is 61.3 cm³/mol. The van der Waals surface area contributed by atoms with Gasteiger partial charge in [0.15, 0.2) is 5.78 Å². The summed E-state index contributed by atoms with van der Waals surface area (Å²) in [7, 11) is 0. The number of aliphatic hydroxyl groups is 2. The van der Waals surface area contributed by atoms with Gasteiger partial charge in [-0.05, 0) is 12.5 Å². The fourth-order valence-electron chi connectivity index (χ4n) is 1.38. The summed E-state index contributed by atoms with van der Waals surface area (Å²) in [6.07, 6.45) is -2.03. The second-order valence-electron chi connectivity index (χ2n) is 3.34. The zero-order valence-electron chi connectivity index (χ0n) is 8.42. The maximum Gasteiger partial charge on any atom is 0.160 e. The number of hydrogen-bond acceptors (Lipinski definition) is 4. The summed E-state index contributed by atoms with van der Waals surface area (Å²) in [6.45, 7) is 1.43. The number of thiol groups is 1. The molecule has 0 aliphatic heterocycles. The molecule has 0 aliphatic rings. The van der Waals surface area contributed by atoms with Gasteiger partial charge in [0.1, 0.15) is 6.10 Å². The van der Waals surface area contributed by atoms with Gasteiger partial charge in [0.05, 0.1) is 6.10 Å². The molecule has 1 aromatic carbocycles. The molecular formula is C11H14O3S. The lowest BCUT2D eigenvalue weighted by Gasteiger charge is -2.18. The van der Waals surface area contributed by atoms with E-state index in [1.54, 1.807) is 24.3 Å². The normalized spacial score (nSPS) is 14.7. The van der Waals surface area contributed by atoms with Crippen molar-refractivity contribution in [2.45, 2.75) is 19.1 Å². The van der Waals surface area contributed by atoms with E-state index >= 15 is 0 Å². The molecule has 0 aromatic heterocycles. The molecule has 1 rings (SSSR count). The van der Waals surface area contributed by atoms with Crippen molar-refractivity contribution >= 4 is 18.4 Å². The van der Waals surface area contributed by atoms with Gasteiger partial charge in [0.2, 0.25) is 0 Å². The van der Waals surface area contributed by atoms with Crippen LogP contribution in [0.2, 0.25) is 0 Å².